The van der Waals surface area contributed by atoms with Crippen LogP contribution < -0.4 is 5.73 Å². The number of nitrogens with two attached hydrogens (primary N) is 1. The quantitative estimate of drug-likeness (QED) is 0.285. The van der Waals surface area contributed by atoms with Crippen LogP contribution in [0.1, 0.15) is 5.82 Å². The molecule has 0 amide bonds. The highest BCUT2D eigenvalue weighted by Gasteiger charge is 2.10. The molecule has 8 nitrogen and oxygen atoms in total. The van der Waals surface area contributed by atoms with Gasteiger partial charge < -0.3 is 10.9 Å². The number of oxime groups is 1. The third kappa shape index (κ3) is 1.47. The second-order valence-electron chi connectivity index (χ2n) is 3.53. The number of hydrogen-bond acceptors (Lipinski definition) is 5. The molecule has 0 saturated heterocycles. The van der Waals surface area contributed by atoms with Gasteiger partial charge in [-0.15, -0.1) is 0 Å². The summed E-state index contributed by atoms with van der Waals surface area (Å²) in [5.41, 5.74) is 6.24. The normalized spacial score (nSPS) is 12.1. The van der Waals surface area contributed by atoms with Gasteiger partial charge in [-0.3, -0.25) is 4.57 Å². The maximum absolute atomic E-state index is 8.69. The Balaban J connectivity index is 2.17. The minimum atomic E-state index is -0.0739. The van der Waals surface area contributed by atoms with E-state index in [1.54, 1.807) is 46.0 Å². The third-order valence-corrected chi connectivity index (χ3v) is 2.47. The van der Waals surface area contributed by atoms with Crippen LogP contribution >= 0.6 is 0 Å². The molecular formula is C10H9N7O. The number of rotatable bonds is 2. The molecule has 0 saturated carbocycles. The van der Waals surface area contributed by atoms with Crippen LogP contribution in [0, 0.1) is 0 Å². The zero-order valence-corrected chi connectivity index (χ0v) is 9.17. The van der Waals surface area contributed by atoms with Crippen LogP contribution in [0.3, 0.4) is 0 Å². The van der Waals surface area contributed by atoms with Crippen LogP contribution in [-0.2, 0) is 0 Å². The smallest absolute Gasteiger partial charge is 0.206 e. The van der Waals surface area contributed by atoms with E-state index in [9.17, 15) is 0 Å². The summed E-state index contributed by atoms with van der Waals surface area (Å²) < 4.78 is 3.27. The molecule has 0 spiro atoms. The molecule has 0 fully saturated rings. The molecule has 8 heteroatoms. The fourth-order valence-electron chi connectivity index (χ4n) is 1.66. The zero-order valence-electron chi connectivity index (χ0n) is 9.17. The van der Waals surface area contributed by atoms with Gasteiger partial charge in [-0.05, 0) is 6.07 Å². The van der Waals surface area contributed by atoms with Crippen LogP contribution in [0.15, 0.2) is 42.1 Å². The monoisotopic (exact) mass is 243 g/mol. The van der Waals surface area contributed by atoms with Crippen LogP contribution in [0.2, 0.25) is 0 Å². The second-order valence-corrected chi connectivity index (χ2v) is 3.53. The predicted octanol–water partition coefficient (Wildman–Crippen LogP) is 0.00950. The Morgan fingerprint density at radius 2 is 2.17 bits per heavy atom. The summed E-state index contributed by atoms with van der Waals surface area (Å²) in [5, 5.41) is 15.7. The van der Waals surface area contributed by atoms with Crippen molar-refractivity contribution in [1.29, 1.82) is 0 Å². The minimum Gasteiger partial charge on any atom is -0.409 e. The number of fused-ring (bicyclic) bond motifs is 1. The van der Waals surface area contributed by atoms with Gasteiger partial charge in [0.15, 0.2) is 11.5 Å². The minimum absolute atomic E-state index is 0.0739. The summed E-state index contributed by atoms with van der Waals surface area (Å²) in [6, 6.07) is 3.54. The average molecular weight is 243 g/mol. The number of hydrogen-bond donors (Lipinski definition) is 2. The maximum Gasteiger partial charge on any atom is 0.206 e. The van der Waals surface area contributed by atoms with Crippen molar-refractivity contribution in [3.05, 3.63) is 42.7 Å². The summed E-state index contributed by atoms with van der Waals surface area (Å²) in [4.78, 5) is 8.40. The molecule has 0 aliphatic rings. The molecule has 3 aromatic rings. The van der Waals surface area contributed by atoms with Gasteiger partial charge in [0.2, 0.25) is 5.84 Å². The molecule has 3 aromatic heterocycles. The first kappa shape index (κ1) is 10.3. The Kier molecular flexibility index (Phi) is 2.19. The largest absolute Gasteiger partial charge is 0.409 e. The van der Waals surface area contributed by atoms with Crippen molar-refractivity contribution >= 4 is 11.5 Å². The Morgan fingerprint density at radius 3 is 3.00 bits per heavy atom. The summed E-state index contributed by atoms with van der Waals surface area (Å²) in [6.45, 7) is 0. The fourth-order valence-corrected chi connectivity index (χ4v) is 1.66. The average Bonchev–Trinajstić information content (AvgIpc) is 3.05. The second kappa shape index (κ2) is 3.84. The first-order valence-corrected chi connectivity index (χ1v) is 5.11. The molecule has 0 aliphatic carbocycles. The van der Waals surface area contributed by atoms with Gasteiger partial charge in [0.05, 0.1) is 6.20 Å². The fraction of sp³-hybridized carbons (Fsp3) is 0. The Hall–Kier alpha value is -2.90. The lowest BCUT2D eigenvalue weighted by atomic mass is 10.5. The van der Waals surface area contributed by atoms with Crippen molar-refractivity contribution in [2.45, 2.75) is 0 Å². The molecule has 0 unspecified atom stereocenters. The summed E-state index contributed by atoms with van der Waals surface area (Å²) >= 11 is 0. The topological polar surface area (TPSA) is 107 Å². The van der Waals surface area contributed by atoms with Crippen molar-refractivity contribution in [2.75, 3.05) is 0 Å². The predicted molar refractivity (Wildman–Crippen MR) is 62.6 cm³/mol. The van der Waals surface area contributed by atoms with Gasteiger partial charge in [-0.25, -0.2) is 14.5 Å². The Labute approximate surface area is 101 Å². The zero-order chi connectivity index (χ0) is 12.5. The van der Waals surface area contributed by atoms with E-state index in [2.05, 4.69) is 20.2 Å². The van der Waals surface area contributed by atoms with Crippen LogP contribution in [0.4, 0.5) is 0 Å². The van der Waals surface area contributed by atoms with E-state index < -0.39 is 0 Å². The van der Waals surface area contributed by atoms with Crippen molar-refractivity contribution in [2.24, 2.45) is 10.9 Å². The van der Waals surface area contributed by atoms with Crippen LogP contribution in [-0.4, -0.2) is 35.2 Å². The molecule has 3 N–H and O–H groups in total. The van der Waals surface area contributed by atoms with E-state index in [0.29, 0.717) is 17.3 Å². The lowest BCUT2D eigenvalue weighted by Crippen LogP contribution is -2.19. The van der Waals surface area contributed by atoms with E-state index in [1.807, 2.05) is 0 Å². The van der Waals surface area contributed by atoms with E-state index >= 15 is 0 Å². The van der Waals surface area contributed by atoms with E-state index in [1.165, 1.54) is 0 Å². The first-order valence-electron chi connectivity index (χ1n) is 5.11. The number of amidine groups is 1. The van der Waals surface area contributed by atoms with E-state index in [-0.39, 0.29) is 5.84 Å². The SMILES string of the molecule is N/C(=N/O)c1nccn1-c1ccn2nccc2n1. The number of aromatic nitrogens is 5. The molecule has 90 valence electrons. The molecule has 0 bridgehead atoms. The van der Waals surface area contributed by atoms with Crippen LogP contribution in [0.25, 0.3) is 11.5 Å². The Bertz CT molecular complexity index is 726. The third-order valence-electron chi connectivity index (χ3n) is 2.47. The van der Waals surface area contributed by atoms with Crippen molar-refractivity contribution in [1.82, 2.24) is 24.1 Å². The van der Waals surface area contributed by atoms with Crippen molar-refractivity contribution in [3.63, 3.8) is 0 Å². The molecule has 18 heavy (non-hydrogen) atoms. The molecular weight excluding hydrogens is 234 g/mol. The van der Waals surface area contributed by atoms with Crippen LogP contribution in [0.5, 0.6) is 0 Å². The summed E-state index contributed by atoms with van der Waals surface area (Å²) in [7, 11) is 0. The standard InChI is InChI=1S/C10H9N7O/c11-9(15-18)10-12-4-6-16(10)7-2-5-17-8(14-7)1-3-13-17/h1-6,18H,(H2,11,15). The highest BCUT2D eigenvalue weighted by Crippen LogP contribution is 2.09. The van der Waals surface area contributed by atoms with Crippen molar-refractivity contribution in [3.8, 4) is 5.82 Å². The van der Waals surface area contributed by atoms with Gasteiger partial charge in [-0.1, -0.05) is 5.16 Å². The van der Waals surface area contributed by atoms with Gasteiger partial charge >= 0.3 is 0 Å². The van der Waals surface area contributed by atoms with Gasteiger partial charge in [0, 0.05) is 24.7 Å². The molecule has 0 aromatic carbocycles. The lowest BCUT2D eigenvalue weighted by Gasteiger charge is -2.05. The first-order chi connectivity index (χ1) is 8.79. The molecule has 0 aliphatic heterocycles. The molecule has 0 atom stereocenters. The van der Waals surface area contributed by atoms with E-state index in [4.69, 9.17) is 10.9 Å². The van der Waals surface area contributed by atoms with Gasteiger partial charge in [0.1, 0.15) is 5.82 Å². The van der Waals surface area contributed by atoms with Crippen molar-refractivity contribution < 1.29 is 5.21 Å². The highest BCUT2D eigenvalue weighted by molar-refractivity contribution is 5.94. The Morgan fingerprint density at radius 1 is 1.28 bits per heavy atom. The summed E-state index contributed by atoms with van der Waals surface area (Å²) in [6.07, 6.45) is 6.66. The molecule has 3 rings (SSSR count). The highest BCUT2D eigenvalue weighted by atomic mass is 16.4. The maximum atomic E-state index is 8.69. The lowest BCUT2D eigenvalue weighted by molar-refractivity contribution is 0.318. The number of imidazole rings is 1. The van der Waals surface area contributed by atoms with Gasteiger partial charge in [-0.2, -0.15) is 5.10 Å². The molecule has 3 heterocycles. The number of nitrogens with zero attached hydrogens (tertiary/aromatic N) is 6. The van der Waals surface area contributed by atoms with Gasteiger partial charge in [0.25, 0.3) is 0 Å². The van der Waals surface area contributed by atoms with E-state index in [0.717, 1.165) is 0 Å². The molecule has 0 radical (unpaired) electrons. The summed E-state index contributed by atoms with van der Waals surface area (Å²) in [5.74, 6) is 0.867.